The first-order chi connectivity index (χ1) is 15.9. The number of carbonyl (C=O) groups is 1. The number of sulfonamides is 1. The Kier molecular flexibility index (Phi) is 5.59. The number of fused-ring (bicyclic) bond motifs is 1. The van der Waals surface area contributed by atoms with E-state index in [-0.39, 0.29) is 17.7 Å². The number of hydrogen-bond donors (Lipinski definition) is 0. The topological polar surface area (TPSA) is 112 Å². The average molecular weight is 469 g/mol. The number of amides is 1. The molecule has 1 fully saturated rings. The molecule has 0 radical (unpaired) electrons. The van der Waals surface area contributed by atoms with Gasteiger partial charge in [0.05, 0.1) is 17.4 Å². The standard InChI is InChI=1S/C22H24N6O4S/c1-16(21-23-20(24-32-21)17-5-3-2-4-6-17)26-9-11-27(12-10-26)22(29)18-7-8-19-25-33(30,31)14-13-28(19)15-18/h2-8,15-16H,9-14H2,1H3. The molecule has 1 aromatic heterocycles. The van der Waals surface area contributed by atoms with E-state index < -0.39 is 10.0 Å². The fourth-order valence-electron chi connectivity index (χ4n) is 4.09. The van der Waals surface area contributed by atoms with Gasteiger partial charge < -0.3 is 14.3 Å². The number of piperazine rings is 1. The number of carbonyl (C=O) groups excluding carboxylic acids is 1. The first-order valence-corrected chi connectivity index (χ1v) is 12.4. The minimum Gasteiger partial charge on any atom is -0.337 e. The third-order valence-electron chi connectivity index (χ3n) is 6.05. The molecule has 172 valence electrons. The minimum absolute atomic E-state index is 0.0550. The highest BCUT2D eigenvalue weighted by atomic mass is 32.2. The van der Waals surface area contributed by atoms with Gasteiger partial charge in [-0.2, -0.15) is 4.98 Å². The number of nitrogens with zero attached hydrogens (tertiary/aromatic N) is 6. The molecular formula is C22H24N6O4S. The molecule has 1 amide bonds. The molecule has 4 heterocycles. The summed E-state index contributed by atoms with van der Waals surface area (Å²) in [6, 6.07) is 9.63. The van der Waals surface area contributed by atoms with Crippen molar-refractivity contribution in [3.05, 3.63) is 60.1 Å². The summed E-state index contributed by atoms with van der Waals surface area (Å²) in [5, 5.41) is 4.10. The molecule has 2 aromatic rings. The van der Waals surface area contributed by atoms with Gasteiger partial charge in [-0.05, 0) is 19.1 Å². The fraction of sp³-hybridized carbons (Fsp3) is 0.364. The molecule has 3 aliphatic rings. The van der Waals surface area contributed by atoms with Crippen LogP contribution in [0.3, 0.4) is 0 Å². The largest absolute Gasteiger partial charge is 0.337 e. The molecule has 5 rings (SSSR count). The van der Waals surface area contributed by atoms with Gasteiger partial charge in [-0.25, -0.2) is 8.42 Å². The van der Waals surface area contributed by atoms with E-state index in [0.717, 1.165) is 5.56 Å². The van der Waals surface area contributed by atoms with Crippen LogP contribution in [0.15, 0.2) is 63.2 Å². The molecule has 0 saturated carbocycles. The third-order valence-corrected chi connectivity index (χ3v) is 7.21. The van der Waals surface area contributed by atoms with E-state index in [1.54, 1.807) is 23.3 Å². The molecule has 0 N–H and O–H groups in total. The Bertz CT molecular complexity index is 1240. The molecule has 10 nitrogen and oxygen atoms in total. The van der Waals surface area contributed by atoms with Gasteiger partial charge in [-0.1, -0.05) is 35.5 Å². The van der Waals surface area contributed by atoms with Gasteiger partial charge in [0.25, 0.3) is 15.9 Å². The second kappa shape index (κ2) is 8.56. The Balaban J connectivity index is 1.20. The summed E-state index contributed by atoms with van der Waals surface area (Å²) >= 11 is 0. The van der Waals surface area contributed by atoms with E-state index in [2.05, 4.69) is 19.4 Å². The Hall–Kier alpha value is -3.31. The summed E-state index contributed by atoms with van der Waals surface area (Å²) < 4.78 is 32.6. The van der Waals surface area contributed by atoms with Crippen LogP contribution in [-0.2, 0) is 14.8 Å². The molecule has 1 atom stereocenters. The van der Waals surface area contributed by atoms with Crippen LogP contribution in [-0.4, -0.2) is 83.5 Å². The van der Waals surface area contributed by atoms with Gasteiger partial charge in [0.2, 0.25) is 11.7 Å². The lowest BCUT2D eigenvalue weighted by Crippen LogP contribution is -2.50. The lowest BCUT2D eigenvalue weighted by molar-refractivity contribution is -0.128. The molecule has 1 unspecified atom stereocenters. The lowest BCUT2D eigenvalue weighted by Gasteiger charge is -2.37. The van der Waals surface area contributed by atoms with Gasteiger partial charge in [0.15, 0.2) is 0 Å². The zero-order chi connectivity index (χ0) is 23.0. The van der Waals surface area contributed by atoms with Crippen molar-refractivity contribution < 1.29 is 17.7 Å². The van der Waals surface area contributed by atoms with Crippen molar-refractivity contribution in [3.8, 4) is 11.4 Å². The van der Waals surface area contributed by atoms with E-state index in [0.29, 0.717) is 55.8 Å². The zero-order valence-electron chi connectivity index (χ0n) is 18.2. The van der Waals surface area contributed by atoms with Crippen molar-refractivity contribution in [2.75, 3.05) is 38.5 Å². The average Bonchev–Trinajstić information content (AvgIpc) is 3.33. The number of benzene rings is 1. The smallest absolute Gasteiger partial charge is 0.256 e. The predicted octanol–water partition coefficient (Wildman–Crippen LogP) is 1.44. The summed E-state index contributed by atoms with van der Waals surface area (Å²) in [5.41, 5.74) is 1.43. The predicted molar refractivity (Wildman–Crippen MR) is 121 cm³/mol. The van der Waals surface area contributed by atoms with Gasteiger partial charge in [0, 0.05) is 44.5 Å². The summed E-state index contributed by atoms with van der Waals surface area (Å²) in [7, 11) is -3.42. The maximum atomic E-state index is 13.0. The number of amidine groups is 1. The minimum atomic E-state index is -3.42. The van der Waals surface area contributed by atoms with E-state index in [9.17, 15) is 13.2 Å². The van der Waals surface area contributed by atoms with Crippen LogP contribution >= 0.6 is 0 Å². The number of hydrogen-bond acceptors (Lipinski definition) is 8. The number of rotatable bonds is 4. The first kappa shape index (κ1) is 21.5. The van der Waals surface area contributed by atoms with Crippen LogP contribution in [0.2, 0.25) is 0 Å². The van der Waals surface area contributed by atoms with Crippen molar-refractivity contribution in [2.45, 2.75) is 13.0 Å². The van der Waals surface area contributed by atoms with Crippen LogP contribution < -0.4 is 0 Å². The normalized spacial score (nSPS) is 21.2. The SMILES string of the molecule is CC(c1nc(-c2ccccc2)no1)N1CCN(C(=O)C2=CN3CCS(=O)(=O)N=C3C=C2)CC1. The van der Waals surface area contributed by atoms with Crippen molar-refractivity contribution in [2.24, 2.45) is 4.40 Å². The van der Waals surface area contributed by atoms with Crippen LogP contribution in [0.1, 0.15) is 18.9 Å². The molecule has 11 heteroatoms. The quantitative estimate of drug-likeness (QED) is 0.663. The van der Waals surface area contributed by atoms with Gasteiger partial charge in [-0.15, -0.1) is 4.40 Å². The molecule has 33 heavy (non-hydrogen) atoms. The van der Waals surface area contributed by atoms with Gasteiger partial charge in [-0.3, -0.25) is 9.69 Å². The Morgan fingerprint density at radius 1 is 1.06 bits per heavy atom. The molecule has 0 bridgehead atoms. The van der Waals surface area contributed by atoms with Gasteiger partial charge in [0.1, 0.15) is 5.84 Å². The number of aromatic nitrogens is 2. The maximum Gasteiger partial charge on any atom is 0.256 e. The fourth-order valence-corrected chi connectivity index (χ4v) is 5.06. The van der Waals surface area contributed by atoms with Crippen LogP contribution in [0.5, 0.6) is 0 Å². The summed E-state index contributed by atoms with van der Waals surface area (Å²) in [5.74, 6) is 1.34. The molecule has 0 spiro atoms. The highest BCUT2D eigenvalue weighted by molar-refractivity contribution is 7.90. The third kappa shape index (κ3) is 4.46. The highest BCUT2D eigenvalue weighted by Crippen LogP contribution is 2.24. The summed E-state index contributed by atoms with van der Waals surface area (Å²) in [6.07, 6.45) is 4.91. The summed E-state index contributed by atoms with van der Waals surface area (Å²) in [6.45, 7) is 4.83. The highest BCUT2D eigenvalue weighted by Gasteiger charge is 2.30. The van der Waals surface area contributed by atoms with Crippen LogP contribution in [0.25, 0.3) is 11.4 Å². The Labute approximate surface area is 191 Å². The maximum absolute atomic E-state index is 13.0. The van der Waals surface area contributed by atoms with Gasteiger partial charge >= 0.3 is 0 Å². The van der Waals surface area contributed by atoms with Crippen LogP contribution in [0.4, 0.5) is 0 Å². The second-order valence-electron chi connectivity index (χ2n) is 8.17. The monoisotopic (exact) mass is 468 g/mol. The first-order valence-electron chi connectivity index (χ1n) is 10.8. The van der Waals surface area contributed by atoms with E-state index in [1.165, 1.54) is 0 Å². The van der Waals surface area contributed by atoms with Crippen molar-refractivity contribution >= 4 is 21.8 Å². The molecular weight excluding hydrogens is 444 g/mol. The molecule has 3 aliphatic heterocycles. The Morgan fingerprint density at radius 2 is 1.82 bits per heavy atom. The van der Waals surface area contributed by atoms with Crippen molar-refractivity contribution in [1.29, 1.82) is 0 Å². The van der Waals surface area contributed by atoms with Crippen LogP contribution in [0, 0.1) is 0 Å². The summed E-state index contributed by atoms with van der Waals surface area (Å²) in [4.78, 5) is 23.3. The van der Waals surface area contributed by atoms with Crippen molar-refractivity contribution in [1.82, 2.24) is 24.8 Å². The molecule has 0 aliphatic carbocycles. The molecule has 1 saturated heterocycles. The van der Waals surface area contributed by atoms with E-state index in [1.807, 2.05) is 42.2 Å². The Morgan fingerprint density at radius 3 is 2.58 bits per heavy atom. The zero-order valence-corrected chi connectivity index (χ0v) is 19.0. The van der Waals surface area contributed by atoms with E-state index in [4.69, 9.17) is 4.52 Å². The second-order valence-corrected chi connectivity index (χ2v) is 9.93. The lowest BCUT2D eigenvalue weighted by atomic mass is 10.1. The van der Waals surface area contributed by atoms with Crippen molar-refractivity contribution in [3.63, 3.8) is 0 Å². The molecule has 1 aromatic carbocycles. The van der Waals surface area contributed by atoms with E-state index >= 15 is 0 Å².